The minimum atomic E-state index is -0.737. The maximum atomic E-state index is 13.7. The second-order valence-electron chi connectivity index (χ2n) is 5.34. The van der Waals surface area contributed by atoms with Gasteiger partial charge in [-0.15, -0.1) is 0 Å². The number of hydrogen-bond acceptors (Lipinski definition) is 1. The van der Waals surface area contributed by atoms with Crippen molar-refractivity contribution in [2.45, 2.75) is 57.5 Å². The molecule has 0 spiro atoms. The van der Waals surface area contributed by atoms with E-state index in [9.17, 15) is 8.78 Å². The summed E-state index contributed by atoms with van der Waals surface area (Å²) >= 11 is 0. The molecule has 0 N–H and O–H groups in total. The van der Waals surface area contributed by atoms with Gasteiger partial charge in [-0.2, -0.15) is 0 Å². The van der Waals surface area contributed by atoms with Gasteiger partial charge < -0.3 is 4.74 Å². The van der Waals surface area contributed by atoms with Crippen molar-refractivity contribution in [2.24, 2.45) is 0 Å². The van der Waals surface area contributed by atoms with Crippen LogP contribution in [0.5, 0.6) is 0 Å². The fourth-order valence-corrected chi connectivity index (χ4v) is 2.77. The van der Waals surface area contributed by atoms with Gasteiger partial charge in [0.15, 0.2) is 11.6 Å². The van der Waals surface area contributed by atoms with Crippen LogP contribution >= 0.6 is 0 Å². The molecule has 0 amide bonds. The Kier molecular flexibility index (Phi) is 5.32. The van der Waals surface area contributed by atoms with Crippen LogP contribution in [0.4, 0.5) is 8.78 Å². The van der Waals surface area contributed by atoms with Gasteiger partial charge in [0.05, 0.1) is 6.10 Å². The standard InChI is InChI=1S/C16H22F2O/c1-2-3-11-19-13-9-7-12(8-10-13)14-5-4-6-15(17)16(14)18/h4-6,12-13H,2-3,7-11H2,1H3. The highest BCUT2D eigenvalue weighted by Gasteiger charge is 2.25. The van der Waals surface area contributed by atoms with E-state index in [2.05, 4.69) is 6.92 Å². The van der Waals surface area contributed by atoms with Crippen molar-refractivity contribution in [3.63, 3.8) is 0 Å². The van der Waals surface area contributed by atoms with Crippen LogP contribution in [0, 0.1) is 11.6 Å². The first-order valence-corrected chi connectivity index (χ1v) is 7.28. The summed E-state index contributed by atoms with van der Waals surface area (Å²) in [5.41, 5.74) is 0.534. The first-order valence-electron chi connectivity index (χ1n) is 7.28. The molecule has 2 rings (SSSR count). The topological polar surface area (TPSA) is 9.23 Å². The molecule has 0 saturated heterocycles. The lowest BCUT2D eigenvalue weighted by Crippen LogP contribution is -2.21. The van der Waals surface area contributed by atoms with Gasteiger partial charge >= 0.3 is 0 Å². The van der Waals surface area contributed by atoms with Crippen molar-refractivity contribution in [1.82, 2.24) is 0 Å². The van der Waals surface area contributed by atoms with E-state index < -0.39 is 11.6 Å². The molecule has 0 heterocycles. The summed E-state index contributed by atoms with van der Waals surface area (Å²) in [7, 11) is 0. The zero-order valence-corrected chi connectivity index (χ0v) is 11.5. The molecule has 1 fully saturated rings. The molecule has 1 aromatic carbocycles. The molecule has 1 aliphatic carbocycles. The summed E-state index contributed by atoms with van der Waals surface area (Å²) in [4.78, 5) is 0. The Morgan fingerprint density at radius 3 is 2.58 bits per heavy atom. The summed E-state index contributed by atoms with van der Waals surface area (Å²) in [5, 5.41) is 0. The van der Waals surface area contributed by atoms with Crippen LogP contribution in [-0.4, -0.2) is 12.7 Å². The molecular weight excluding hydrogens is 246 g/mol. The third-order valence-electron chi connectivity index (χ3n) is 3.95. The number of ether oxygens (including phenoxy) is 1. The van der Waals surface area contributed by atoms with E-state index in [1.807, 2.05) is 0 Å². The smallest absolute Gasteiger partial charge is 0.162 e. The van der Waals surface area contributed by atoms with Gasteiger partial charge in [0.25, 0.3) is 0 Å². The summed E-state index contributed by atoms with van der Waals surface area (Å²) in [5.74, 6) is -1.27. The van der Waals surface area contributed by atoms with Gasteiger partial charge in [0.2, 0.25) is 0 Å². The third kappa shape index (κ3) is 3.75. The van der Waals surface area contributed by atoms with E-state index in [1.165, 1.54) is 6.07 Å². The monoisotopic (exact) mass is 268 g/mol. The fourth-order valence-electron chi connectivity index (χ4n) is 2.77. The van der Waals surface area contributed by atoms with Crippen molar-refractivity contribution in [1.29, 1.82) is 0 Å². The highest BCUT2D eigenvalue weighted by molar-refractivity contribution is 5.23. The molecule has 0 unspecified atom stereocenters. The van der Waals surface area contributed by atoms with Gasteiger partial charge in [0, 0.05) is 6.61 Å². The predicted molar refractivity (Wildman–Crippen MR) is 72.2 cm³/mol. The fraction of sp³-hybridized carbons (Fsp3) is 0.625. The van der Waals surface area contributed by atoms with Crippen LogP contribution in [0.25, 0.3) is 0 Å². The molecule has 1 aromatic rings. The van der Waals surface area contributed by atoms with Crippen LogP contribution in [-0.2, 0) is 4.74 Å². The van der Waals surface area contributed by atoms with Crippen molar-refractivity contribution in [2.75, 3.05) is 6.61 Å². The van der Waals surface area contributed by atoms with Crippen LogP contribution in [0.1, 0.15) is 56.9 Å². The molecule has 0 atom stereocenters. The molecule has 106 valence electrons. The van der Waals surface area contributed by atoms with Crippen molar-refractivity contribution < 1.29 is 13.5 Å². The SMILES string of the molecule is CCCCOC1CCC(c2cccc(F)c2F)CC1. The zero-order chi connectivity index (χ0) is 13.7. The number of halogens is 2. The maximum absolute atomic E-state index is 13.7. The number of benzene rings is 1. The lowest BCUT2D eigenvalue weighted by molar-refractivity contribution is 0.0230. The van der Waals surface area contributed by atoms with Crippen LogP contribution in [0.3, 0.4) is 0 Å². The highest BCUT2D eigenvalue weighted by atomic mass is 19.2. The van der Waals surface area contributed by atoms with Crippen molar-refractivity contribution >= 4 is 0 Å². The summed E-state index contributed by atoms with van der Waals surface area (Å²) in [6.45, 7) is 2.97. The molecule has 3 heteroatoms. The molecule has 0 bridgehead atoms. The average molecular weight is 268 g/mol. The van der Waals surface area contributed by atoms with E-state index >= 15 is 0 Å². The molecule has 1 nitrogen and oxygen atoms in total. The van der Waals surface area contributed by atoms with Crippen molar-refractivity contribution in [3.8, 4) is 0 Å². The van der Waals surface area contributed by atoms with Gasteiger partial charge in [-0.3, -0.25) is 0 Å². The van der Waals surface area contributed by atoms with Gasteiger partial charge in [-0.1, -0.05) is 25.5 Å². The molecule has 1 aliphatic rings. The minimum Gasteiger partial charge on any atom is -0.378 e. The predicted octanol–water partition coefficient (Wildman–Crippen LogP) is 4.81. The van der Waals surface area contributed by atoms with E-state index in [-0.39, 0.29) is 5.92 Å². The van der Waals surface area contributed by atoms with Crippen molar-refractivity contribution in [3.05, 3.63) is 35.4 Å². The van der Waals surface area contributed by atoms with E-state index in [0.717, 1.165) is 45.1 Å². The van der Waals surface area contributed by atoms with Crippen LogP contribution in [0.15, 0.2) is 18.2 Å². The molecular formula is C16H22F2O. The lowest BCUT2D eigenvalue weighted by Gasteiger charge is -2.29. The average Bonchev–Trinajstić information content (AvgIpc) is 2.43. The number of hydrogen-bond donors (Lipinski definition) is 0. The van der Waals surface area contributed by atoms with Gasteiger partial charge in [-0.25, -0.2) is 8.78 Å². The highest BCUT2D eigenvalue weighted by Crippen LogP contribution is 2.35. The lowest BCUT2D eigenvalue weighted by atomic mass is 9.82. The molecule has 0 aliphatic heterocycles. The number of rotatable bonds is 5. The molecule has 19 heavy (non-hydrogen) atoms. The largest absolute Gasteiger partial charge is 0.378 e. The quantitative estimate of drug-likeness (QED) is 0.696. The molecule has 0 aromatic heterocycles. The zero-order valence-electron chi connectivity index (χ0n) is 11.5. The van der Waals surface area contributed by atoms with E-state index in [4.69, 9.17) is 4.74 Å². The third-order valence-corrected chi connectivity index (χ3v) is 3.95. The van der Waals surface area contributed by atoms with Gasteiger partial charge in [-0.05, 0) is 49.7 Å². The summed E-state index contributed by atoms with van der Waals surface area (Å²) in [6.07, 6.45) is 6.21. The Labute approximate surface area is 114 Å². The van der Waals surface area contributed by atoms with Crippen LogP contribution < -0.4 is 0 Å². The Hall–Kier alpha value is -0.960. The van der Waals surface area contributed by atoms with Crippen LogP contribution in [0.2, 0.25) is 0 Å². The number of unbranched alkanes of at least 4 members (excludes halogenated alkanes) is 1. The Morgan fingerprint density at radius 2 is 1.89 bits per heavy atom. The Morgan fingerprint density at radius 1 is 1.16 bits per heavy atom. The summed E-state index contributed by atoms with van der Waals surface area (Å²) < 4.78 is 32.7. The first-order chi connectivity index (χ1) is 9.22. The Bertz CT molecular complexity index is 398. The minimum absolute atomic E-state index is 0.140. The second kappa shape index (κ2) is 6.99. The maximum Gasteiger partial charge on any atom is 0.162 e. The second-order valence-corrected chi connectivity index (χ2v) is 5.34. The normalized spacial score (nSPS) is 23.5. The van der Waals surface area contributed by atoms with E-state index in [1.54, 1.807) is 12.1 Å². The van der Waals surface area contributed by atoms with Gasteiger partial charge in [0.1, 0.15) is 0 Å². The Balaban J connectivity index is 1.87. The van der Waals surface area contributed by atoms with E-state index in [0.29, 0.717) is 11.7 Å². The molecule has 0 radical (unpaired) electrons. The summed E-state index contributed by atoms with van der Waals surface area (Å²) in [6, 6.07) is 4.48. The molecule has 1 saturated carbocycles. The first kappa shape index (κ1) is 14.4.